The molecule has 1 amide bonds. The lowest BCUT2D eigenvalue weighted by molar-refractivity contribution is -0.529. The maximum Gasteiger partial charge on any atom is 0.288 e. The molecule has 1 aliphatic rings. The lowest BCUT2D eigenvalue weighted by Crippen LogP contribution is -2.59. The number of halogens is 1. The van der Waals surface area contributed by atoms with Crippen LogP contribution in [0.25, 0.3) is 0 Å². The lowest BCUT2D eigenvalue weighted by atomic mass is 9.95. The van der Waals surface area contributed by atoms with Crippen LogP contribution in [0.4, 0.5) is 4.39 Å². The summed E-state index contributed by atoms with van der Waals surface area (Å²) in [5, 5.41) is 23.9. The number of nitro groups is 2. The van der Waals surface area contributed by atoms with Crippen molar-refractivity contribution in [2.45, 2.75) is 38.1 Å². The highest BCUT2D eigenvalue weighted by Crippen LogP contribution is 2.27. The first kappa shape index (κ1) is 17.7. The molecule has 9 nitrogen and oxygen atoms in total. The summed E-state index contributed by atoms with van der Waals surface area (Å²) in [6.07, 6.45) is 2.26. The topological polar surface area (TPSA) is 141 Å². The number of nitrogens with two attached hydrogens (primary N) is 1. The van der Waals surface area contributed by atoms with E-state index in [1.165, 1.54) is 0 Å². The fourth-order valence-corrected chi connectivity index (χ4v) is 2.10. The Bertz CT molecular complexity index is 548. The Morgan fingerprint density at radius 3 is 2.50 bits per heavy atom. The molecule has 0 aromatic carbocycles. The van der Waals surface area contributed by atoms with Gasteiger partial charge in [-0.25, -0.2) is 4.39 Å². The number of nitrogens with zero attached hydrogens (tertiary/aromatic N) is 2. The van der Waals surface area contributed by atoms with Crippen molar-refractivity contribution in [2.24, 2.45) is 11.7 Å². The smallest absolute Gasteiger partial charge is 0.288 e. The summed E-state index contributed by atoms with van der Waals surface area (Å²) >= 11 is 0. The Morgan fingerprint density at radius 2 is 2.09 bits per heavy atom. The minimum Gasteiger partial charge on any atom is -0.368 e. The van der Waals surface area contributed by atoms with Crippen molar-refractivity contribution < 1.29 is 19.0 Å². The van der Waals surface area contributed by atoms with E-state index in [4.69, 9.17) is 5.73 Å². The van der Waals surface area contributed by atoms with E-state index in [2.05, 4.69) is 5.32 Å². The molecule has 0 spiro atoms. The average Bonchev–Trinajstić information content (AvgIpc) is 2.36. The molecule has 3 N–H and O–H groups in total. The van der Waals surface area contributed by atoms with Gasteiger partial charge in [-0.1, -0.05) is 13.8 Å². The zero-order valence-electron chi connectivity index (χ0n) is 12.1. The first-order chi connectivity index (χ1) is 10.1. The number of hydrogen-bond donors (Lipinski definition) is 2. The van der Waals surface area contributed by atoms with E-state index in [0.717, 1.165) is 6.08 Å². The zero-order valence-corrected chi connectivity index (χ0v) is 12.1. The molecule has 0 fully saturated rings. The summed E-state index contributed by atoms with van der Waals surface area (Å²) in [7, 11) is 0. The van der Waals surface area contributed by atoms with Gasteiger partial charge in [0.05, 0.1) is 17.0 Å². The molecule has 0 aromatic heterocycles. The standard InChI is InChI=1S/C12H17FN4O5/c1-7(2)5-9(11(14)18)15-12(13)4-3-8(16(19)20)6-10(12)17(21)22/h3-4,6-7,9-10,15H,5H2,1-2H3,(H2,14,18)/t9-,10?,12?/m0/s1. The summed E-state index contributed by atoms with van der Waals surface area (Å²) < 4.78 is 14.9. The zero-order chi connectivity index (χ0) is 17.1. The van der Waals surface area contributed by atoms with E-state index in [9.17, 15) is 29.4 Å². The molecule has 1 rings (SSSR count). The van der Waals surface area contributed by atoms with Crippen molar-refractivity contribution in [3.8, 4) is 0 Å². The van der Waals surface area contributed by atoms with Crippen molar-refractivity contribution in [1.29, 1.82) is 0 Å². The predicted octanol–water partition coefficient (Wildman–Crippen LogP) is 0.517. The number of rotatable bonds is 7. The minimum absolute atomic E-state index is 0.0138. The van der Waals surface area contributed by atoms with Gasteiger partial charge in [0.1, 0.15) is 0 Å². The normalized spacial score (nSPS) is 25.6. The molecule has 3 atom stereocenters. The van der Waals surface area contributed by atoms with Gasteiger partial charge < -0.3 is 5.73 Å². The SMILES string of the molecule is CC(C)C[C@H](NC1(F)C=CC([N+](=O)[O-])=CC1[N+](=O)[O-])C(N)=O. The molecular formula is C12H17FN4O5. The van der Waals surface area contributed by atoms with Crippen molar-refractivity contribution in [3.63, 3.8) is 0 Å². The number of amides is 1. The molecule has 122 valence electrons. The Labute approximate surface area is 125 Å². The maximum atomic E-state index is 14.9. The van der Waals surface area contributed by atoms with Crippen LogP contribution >= 0.6 is 0 Å². The van der Waals surface area contributed by atoms with Crippen LogP contribution in [0.15, 0.2) is 23.9 Å². The van der Waals surface area contributed by atoms with E-state index in [1.54, 1.807) is 13.8 Å². The molecule has 10 heteroatoms. The quantitative estimate of drug-likeness (QED) is 0.398. The van der Waals surface area contributed by atoms with E-state index in [-0.39, 0.29) is 12.3 Å². The number of alkyl halides is 1. The van der Waals surface area contributed by atoms with Crippen LogP contribution in [0.1, 0.15) is 20.3 Å². The van der Waals surface area contributed by atoms with Gasteiger partial charge in [-0.05, 0) is 18.4 Å². The van der Waals surface area contributed by atoms with Crippen molar-refractivity contribution in [2.75, 3.05) is 0 Å². The monoisotopic (exact) mass is 316 g/mol. The number of nitrogens with one attached hydrogen (secondary N) is 1. The van der Waals surface area contributed by atoms with Gasteiger partial charge in [-0.15, -0.1) is 0 Å². The van der Waals surface area contributed by atoms with Gasteiger partial charge in [0.2, 0.25) is 5.91 Å². The molecule has 1 aliphatic carbocycles. The third-order valence-corrected chi connectivity index (χ3v) is 3.14. The molecule has 22 heavy (non-hydrogen) atoms. The highest BCUT2D eigenvalue weighted by atomic mass is 19.1. The molecule has 0 saturated carbocycles. The second kappa shape index (κ2) is 6.60. The first-order valence-electron chi connectivity index (χ1n) is 6.51. The maximum absolute atomic E-state index is 14.9. The summed E-state index contributed by atoms with van der Waals surface area (Å²) in [5.41, 5.74) is 4.59. The second-order valence-electron chi connectivity index (χ2n) is 5.41. The van der Waals surface area contributed by atoms with E-state index in [0.29, 0.717) is 12.2 Å². The average molecular weight is 316 g/mol. The predicted molar refractivity (Wildman–Crippen MR) is 74.4 cm³/mol. The number of primary amides is 1. The number of hydrogen-bond acceptors (Lipinski definition) is 6. The van der Waals surface area contributed by atoms with Crippen LogP contribution in [-0.2, 0) is 4.79 Å². The molecule has 0 radical (unpaired) electrons. The Balaban J connectivity index is 3.09. The third kappa shape index (κ3) is 4.07. The first-order valence-corrected chi connectivity index (χ1v) is 6.51. The Hall–Kier alpha value is -2.36. The molecule has 2 unspecified atom stereocenters. The largest absolute Gasteiger partial charge is 0.368 e. The van der Waals surface area contributed by atoms with Gasteiger partial charge >= 0.3 is 0 Å². The van der Waals surface area contributed by atoms with Gasteiger partial charge in [-0.2, -0.15) is 0 Å². The highest BCUT2D eigenvalue weighted by molar-refractivity contribution is 5.80. The number of carbonyl (C=O) groups excluding carboxylic acids is 1. The molecule has 0 aliphatic heterocycles. The fourth-order valence-electron chi connectivity index (χ4n) is 2.10. The lowest BCUT2D eigenvalue weighted by Gasteiger charge is -2.30. The van der Waals surface area contributed by atoms with E-state index in [1.807, 2.05) is 0 Å². The van der Waals surface area contributed by atoms with Crippen molar-refractivity contribution in [1.82, 2.24) is 5.32 Å². The second-order valence-corrected chi connectivity index (χ2v) is 5.41. The molecule has 0 saturated heterocycles. The molecular weight excluding hydrogens is 299 g/mol. The summed E-state index contributed by atoms with van der Waals surface area (Å²) in [5.74, 6) is -3.61. The van der Waals surface area contributed by atoms with Gasteiger partial charge in [-0.3, -0.25) is 30.3 Å². The Morgan fingerprint density at radius 1 is 1.50 bits per heavy atom. The van der Waals surface area contributed by atoms with Crippen LogP contribution in [0.5, 0.6) is 0 Å². The van der Waals surface area contributed by atoms with Crippen molar-refractivity contribution >= 4 is 5.91 Å². The van der Waals surface area contributed by atoms with Crippen LogP contribution in [0.2, 0.25) is 0 Å². The third-order valence-electron chi connectivity index (χ3n) is 3.14. The summed E-state index contributed by atoms with van der Waals surface area (Å²) in [6.45, 7) is 3.55. The Kier molecular flexibility index (Phi) is 5.31. The van der Waals surface area contributed by atoms with Crippen LogP contribution < -0.4 is 11.1 Å². The van der Waals surface area contributed by atoms with Crippen LogP contribution in [0, 0.1) is 26.1 Å². The molecule has 0 aromatic rings. The van der Waals surface area contributed by atoms with Crippen molar-refractivity contribution in [3.05, 3.63) is 44.2 Å². The summed E-state index contributed by atoms with van der Waals surface area (Å²) in [4.78, 5) is 31.2. The summed E-state index contributed by atoms with van der Waals surface area (Å²) in [6, 6.07) is -3.17. The minimum atomic E-state index is -2.74. The van der Waals surface area contributed by atoms with E-state index < -0.39 is 39.3 Å². The van der Waals surface area contributed by atoms with Gasteiger partial charge in [0.25, 0.3) is 17.5 Å². The highest BCUT2D eigenvalue weighted by Gasteiger charge is 2.50. The molecule has 0 heterocycles. The van der Waals surface area contributed by atoms with Crippen LogP contribution in [-0.4, -0.2) is 33.6 Å². The number of carbonyl (C=O) groups is 1. The van der Waals surface area contributed by atoms with Crippen LogP contribution in [0.3, 0.4) is 0 Å². The molecule has 0 bridgehead atoms. The van der Waals surface area contributed by atoms with Gasteiger partial charge in [0, 0.05) is 11.0 Å². The fraction of sp³-hybridized carbons (Fsp3) is 0.583. The number of allylic oxidation sites excluding steroid dienone is 1. The van der Waals surface area contributed by atoms with E-state index >= 15 is 0 Å². The van der Waals surface area contributed by atoms with Gasteiger partial charge in [0.15, 0.2) is 0 Å².